The second-order valence-corrected chi connectivity index (χ2v) is 10.1. The van der Waals surface area contributed by atoms with Crippen LogP contribution < -0.4 is 5.73 Å². The minimum absolute atomic E-state index is 0.0335. The fourth-order valence-corrected chi connectivity index (χ4v) is 4.96. The van der Waals surface area contributed by atoms with Gasteiger partial charge in [0, 0.05) is 35.9 Å². The van der Waals surface area contributed by atoms with Crippen molar-refractivity contribution in [1.29, 1.82) is 0 Å². The fourth-order valence-electron chi connectivity index (χ4n) is 4.05. The lowest BCUT2D eigenvalue weighted by Crippen LogP contribution is -2.37. The average molecular weight is 540 g/mol. The number of hydrogen-bond donors (Lipinski definition) is 2. The van der Waals surface area contributed by atoms with Gasteiger partial charge >= 0.3 is 6.18 Å². The molecule has 3 aromatic carbocycles. The molecule has 3 aromatic rings. The topological polar surface area (TPSA) is 78.9 Å². The summed E-state index contributed by atoms with van der Waals surface area (Å²) in [6, 6.07) is 21.4. The largest absolute Gasteiger partial charge is 0.506 e. The van der Waals surface area contributed by atoms with Gasteiger partial charge in [0.2, 0.25) is 0 Å². The summed E-state index contributed by atoms with van der Waals surface area (Å²) < 4.78 is 39.2. The molecule has 4 rings (SSSR count). The van der Waals surface area contributed by atoms with Gasteiger partial charge in [-0.1, -0.05) is 48.5 Å². The number of aliphatic imine (C=N–C) groups is 1. The lowest BCUT2D eigenvalue weighted by molar-refractivity contribution is -0.0925. The summed E-state index contributed by atoms with van der Waals surface area (Å²) in [5.74, 6) is 1.80. The maximum atomic E-state index is 13.1. The second-order valence-electron chi connectivity index (χ2n) is 8.87. The first kappa shape index (κ1) is 27.3. The van der Waals surface area contributed by atoms with Gasteiger partial charge in [-0.25, -0.2) is 4.99 Å². The highest BCUT2D eigenvalue weighted by atomic mass is 32.2. The number of nitrogens with zero attached hydrogens (tertiary/aromatic N) is 2. The molecule has 1 amide bonds. The number of allylic oxidation sites excluding steroid dienone is 2. The van der Waals surface area contributed by atoms with Crippen LogP contribution in [-0.4, -0.2) is 52.4 Å². The third-order valence-electron chi connectivity index (χ3n) is 6.16. The van der Waals surface area contributed by atoms with Crippen molar-refractivity contribution in [3.63, 3.8) is 0 Å². The number of amides is 1. The fraction of sp³-hybridized carbons (Fsp3) is 0.241. The summed E-state index contributed by atoms with van der Waals surface area (Å²) in [7, 11) is 0. The number of aromatic hydroxyl groups is 1. The molecule has 0 unspecified atom stereocenters. The molecule has 38 heavy (non-hydrogen) atoms. The summed E-state index contributed by atoms with van der Waals surface area (Å²) in [6.07, 6.45) is -3.27. The zero-order valence-corrected chi connectivity index (χ0v) is 21.4. The summed E-state index contributed by atoms with van der Waals surface area (Å²) >= 11 is 1.85. The molecule has 3 N–H and O–H groups in total. The van der Waals surface area contributed by atoms with Crippen molar-refractivity contribution in [2.24, 2.45) is 10.7 Å². The normalized spacial score (nSPS) is 15.0. The summed E-state index contributed by atoms with van der Waals surface area (Å²) in [4.78, 5) is 19.0. The summed E-state index contributed by atoms with van der Waals surface area (Å²) in [6.45, 7) is 1.50. The number of alkyl halides is 3. The van der Waals surface area contributed by atoms with Crippen molar-refractivity contribution in [1.82, 2.24) is 4.90 Å². The number of thioether (sulfide) groups is 1. The summed E-state index contributed by atoms with van der Waals surface area (Å²) in [5, 5.41) is 10.00. The SMILES string of the molecule is NC(=CC(CCc1ccc(-c2cccc(C(=O)N3CCSCC3)c2)cc1)=Nc1ccccc1O)C(F)(F)F. The third-order valence-corrected chi connectivity index (χ3v) is 7.10. The van der Waals surface area contributed by atoms with E-state index in [2.05, 4.69) is 4.99 Å². The Bertz CT molecular complexity index is 1330. The molecular weight excluding hydrogens is 511 g/mol. The smallest absolute Gasteiger partial charge is 0.430 e. The molecule has 0 aliphatic carbocycles. The van der Waals surface area contributed by atoms with Gasteiger partial charge in [-0.05, 0) is 59.9 Å². The minimum Gasteiger partial charge on any atom is -0.506 e. The first-order chi connectivity index (χ1) is 18.2. The van der Waals surface area contributed by atoms with Crippen molar-refractivity contribution in [2.75, 3.05) is 24.6 Å². The van der Waals surface area contributed by atoms with Gasteiger partial charge in [-0.3, -0.25) is 4.79 Å². The quantitative estimate of drug-likeness (QED) is 0.343. The predicted octanol–water partition coefficient (Wildman–Crippen LogP) is 6.36. The lowest BCUT2D eigenvalue weighted by atomic mass is 9.99. The highest BCUT2D eigenvalue weighted by Crippen LogP contribution is 2.28. The Kier molecular flexibility index (Phi) is 8.78. The number of benzene rings is 3. The molecule has 0 spiro atoms. The highest BCUT2D eigenvalue weighted by Gasteiger charge is 2.31. The monoisotopic (exact) mass is 539 g/mol. The van der Waals surface area contributed by atoms with E-state index in [1.54, 1.807) is 12.1 Å². The van der Waals surface area contributed by atoms with Crippen molar-refractivity contribution >= 4 is 29.1 Å². The van der Waals surface area contributed by atoms with Crippen molar-refractivity contribution in [3.05, 3.63) is 95.7 Å². The van der Waals surface area contributed by atoms with Crippen LogP contribution in [0.25, 0.3) is 11.1 Å². The molecule has 1 heterocycles. The standard InChI is InChI=1S/C29H28F3N3O2S/c30-29(31,32)27(33)19-24(34-25-6-1-2-7-26(25)36)13-10-20-8-11-21(12-9-20)22-4-3-5-23(18-22)28(37)35-14-16-38-17-15-35/h1-9,11-12,18-19,36H,10,13-17,33H2. The lowest BCUT2D eigenvalue weighted by Gasteiger charge is -2.26. The van der Waals surface area contributed by atoms with Crippen LogP contribution in [0.1, 0.15) is 22.3 Å². The highest BCUT2D eigenvalue weighted by molar-refractivity contribution is 7.99. The van der Waals surface area contributed by atoms with Crippen LogP contribution >= 0.6 is 11.8 Å². The zero-order valence-electron chi connectivity index (χ0n) is 20.6. The van der Waals surface area contributed by atoms with E-state index in [-0.39, 0.29) is 29.5 Å². The Morgan fingerprint density at radius 3 is 2.39 bits per heavy atom. The number of hydrogen-bond acceptors (Lipinski definition) is 5. The molecule has 198 valence electrons. The number of nitrogens with two attached hydrogens (primary N) is 1. The van der Waals surface area contributed by atoms with Crippen molar-refractivity contribution in [2.45, 2.75) is 19.0 Å². The molecule has 0 radical (unpaired) electrons. The molecular formula is C29H28F3N3O2S. The van der Waals surface area contributed by atoms with E-state index in [0.717, 1.165) is 47.4 Å². The molecule has 1 aliphatic rings. The number of aryl methyl sites for hydroxylation is 1. The average Bonchev–Trinajstić information content (AvgIpc) is 2.93. The predicted molar refractivity (Wildman–Crippen MR) is 147 cm³/mol. The van der Waals surface area contributed by atoms with Crippen molar-refractivity contribution in [3.8, 4) is 16.9 Å². The Labute approximate surface area is 223 Å². The number of rotatable bonds is 7. The van der Waals surface area contributed by atoms with Gasteiger partial charge in [0.15, 0.2) is 0 Å². The molecule has 1 saturated heterocycles. The Morgan fingerprint density at radius 1 is 1.00 bits per heavy atom. The van der Waals surface area contributed by atoms with E-state index in [1.165, 1.54) is 12.1 Å². The van der Waals surface area contributed by atoms with Crippen LogP contribution in [0.4, 0.5) is 18.9 Å². The first-order valence-corrected chi connectivity index (χ1v) is 13.3. The molecule has 1 aliphatic heterocycles. The maximum Gasteiger partial charge on any atom is 0.430 e. The van der Waals surface area contributed by atoms with Gasteiger partial charge < -0.3 is 15.7 Å². The van der Waals surface area contributed by atoms with Crippen LogP contribution in [-0.2, 0) is 6.42 Å². The molecule has 0 atom stereocenters. The van der Waals surface area contributed by atoms with Gasteiger partial charge in [0.1, 0.15) is 17.1 Å². The molecule has 0 bridgehead atoms. The number of halogens is 3. The minimum atomic E-state index is -4.68. The molecule has 0 aromatic heterocycles. The summed E-state index contributed by atoms with van der Waals surface area (Å²) in [5.41, 5.74) is 7.66. The Hall–Kier alpha value is -3.72. The van der Waals surface area contributed by atoms with E-state index < -0.39 is 11.9 Å². The second kappa shape index (κ2) is 12.2. The number of carbonyl (C=O) groups is 1. The van der Waals surface area contributed by atoms with Crippen LogP contribution in [0.3, 0.4) is 0 Å². The van der Waals surface area contributed by atoms with Crippen LogP contribution in [0.15, 0.2) is 89.6 Å². The van der Waals surface area contributed by atoms with Gasteiger partial charge in [0.25, 0.3) is 5.91 Å². The van der Waals surface area contributed by atoms with Gasteiger partial charge in [0.05, 0.1) is 0 Å². The number of para-hydroxylation sites is 2. The Balaban J connectivity index is 1.49. The van der Waals surface area contributed by atoms with E-state index >= 15 is 0 Å². The Morgan fingerprint density at radius 2 is 1.71 bits per heavy atom. The molecule has 1 fully saturated rings. The van der Waals surface area contributed by atoms with E-state index in [1.807, 2.05) is 65.2 Å². The van der Waals surface area contributed by atoms with Crippen LogP contribution in [0, 0.1) is 0 Å². The van der Waals surface area contributed by atoms with E-state index in [0.29, 0.717) is 12.0 Å². The number of carbonyl (C=O) groups excluding carboxylic acids is 1. The van der Waals surface area contributed by atoms with Crippen molar-refractivity contribution < 1.29 is 23.1 Å². The van der Waals surface area contributed by atoms with Crippen LogP contribution in [0.2, 0.25) is 0 Å². The van der Waals surface area contributed by atoms with Gasteiger partial charge in [-0.15, -0.1) is 0 Å². The number of phenols is 1. The van der Waals surface area contributed by atoms with E-state index in [9.17, 15) is 23.1 Å². The molecule has 0 saturated carbocycles. The van der Waals surface area contributed by atoms with Gasteiger partial charge in [-0.2, -0.15) is 24.9 Å². The van der Waals surface area contributed by atoms with Crippen LogP contribution in [0.5, 0.6) is 5.75 Å². The molecule has 9 heteroatoms. The zero-order chi connectivity index (χ0) is 27.1. The first-order valence-electron chi connectivity index (χ1n) is 12.2. The third kappa shape index (κ3) is 7.19. The number of phenolic OH excluding ortho intramolecular Hbond substituents is 1. The van der Waals surface area contributed by atoms with E-state index in [4.69, 9.17) is 5.73 Å². The maximum absolute atomic E-state index is 13.1. The molecule has 5 nitrogen and oxygen atoms in total.